The van der Waals surface area contributed by atoms with Crippen LogP contribution in [0, 0.1) is 18.8 Å². The molecule has 0 aliphatic heterocycles. The van der Waals surface area contributed by atoms with Crippen LogP contribution in [0.5, 0.6) is 0 Å². The summed E-state index contributed by atoms with van der Waals surface area (Å²) in [6.07, 6.45) is 6.95. The Labute approximate surface area is 115 Å². The predicted molar refractivity (Wildman–Crippen MR) is 78.9 cm³/mol. The van der Waals surface area contributed by atoms with Crippen LogP contribution in [0.2, 0.25) is 0 Å². The molecule has 0 bridgehead atoms. The van der Waals surface area contributed by atoms with Crippen LogP contribution in [-0.2, 0) is 0 Å². The second-order valence-electron chi connectivity index (χ2n) is 5.74. The number of aryl methyl sites for hydroxylation is 1. The third kappa shape index (κ3) is 3.66. The highest BCUT2D eigenvalue weighted by Crippen LogP contribution is 2.28. The lowest BCUT2D eigenvalue weighted by atomic mass is 9.83. The maximum atomic E-state index is 4.45. The van der Waals surface area contributed by atoms with Gasteiger partial charge in [0.2, 0.25) is 0 Å². The highest BCUT2D eigenvalue weighted by Gasteiger charge is 2.19. The first-order chi connectivity index (χ1) is 8.54. The van der Waals surface area contributed by atoms with Crippen molar-refractivity contribution >= 4 is 11.3 Å². The third-order valence-corrected chi connectivity index (χ3v) is 4.70. The summed E-state index contributed by atoms with van der Waals surface area (Å²) in [5, 5.41) is 4.86. The lowest BCUT2D eigenvalue weighted by Gasteiger charge is -2.26. The molecule has 1 aromatic rings. The SMILES string of the molecule is CC1=CC(C)CC(CNC(C)c2ncc(C)s2)C1. The fourth-order valence-corrected chi connectivity index (χ4v) is 3.65. The molecule has 3 atom stereocenters. The fraction of sp³-hybridized carbons (Fsp3) is 0.667. The number of hydrogen-bond acceptors (Lipinski definition) is 3. The lowest BCUT2D eigenvalue weighted by molar-refractivity contribution is 0.366. The first kappa shape index (κ1) is 13.8. The van der Waals surface area contributed by atoms with Gasteiger partial charge in [0, 0.05) is 11.1 Å². The van der Waals surface area contributed by atoms with Crippen molar-refractivity contribution in [2.75, 3.05) is 6.54 Å². The molecule has 1 heterocycles. The summed E-state index contributed by atoms with van der Waals surface area (Å²) in [5.74, 6) is 1.52. The average molecular weight is 264 g/mol. The van der Waals surface area contributed by atoms with Gasteiger partial charge in [0.25, 0.3) is 0 Å². The molecule has 18 heavy (non-hydrogen) atoms. The Bertz CT molecular complexity index is 422. The highest BCUT2D eigenvalue weighted by molar-refractivity contribution is 7.11. The van der Waals surface area contributed by atoms with Gasteiger partial charge in [-0.05, 0) is 52.0 Å². The molecule has 0 amide bonds. The molecule has 0 fully saturated rings. The maximum Gasteiger partial charge on any atom is 0.109 e. The Morgan fingerprint density at radius 2 is 2.28 bits per heavy atom. The molecule has 0 spiro atoms. The number of aromatic nitrogens is 1. The highest BCUT2D eigenvalue weighted by atomic mass is 32.1. The summed E-state index contributed by atoms with van der Waals surface area (Å²) in [5.41, 5.74) is 1.55. The summed E-state index contributed by atoms with van der Waals surface area (Å²) in [6.45, 7) is 10.0. The predicted octanol–water partition coefficient (Wildman–Crippen LogP) is 4.09. The third-order valence-electron chi connectivity index (χ3n) is 3.61. The molecule has 3 unspecified atom stereocenters. The van der Waals surface area contributed by atoms with E-state index in [-0.39, 0.29) is 0 Å². The lowest BCUT2D eigenvalue weighted by Crippen LogP contribution is -2.28. The van der Waals surface area contributed by atoms with Crippen LogP contribution >= 0.6 is 11.3 Å². The van der Waals surface area contributed by atoms with Crippen molar-refractivity contribution < 1.29 is 0 Å². The standard InChI is InChI=1S/C15H24N2S/c1-10-5-11(2)7-14(6-10)9-16-13(4)15-17-8-12(3)18-15/h5,8,10,13-14,16H,6-7,9H2,1-4H3. The van der Waals surface area contributed by atoms with E-state index in [1.807, 2.05) is 6.20 Å². The van der Waals surface area contributed by atoms with Crippen molar-refractivity contribution in [1.82, 2.24) is 10.3 Å². The number of allylic oxidation sites excluding steroid dienone is 2. The van der Waals surface area contributed by atoms with E-state index in [0.29, 0.717) is 6.04 Å². The van der Waals surface area contributed by atoms with E-state index < -0.39 is 0 Å². The molecular formula is C15H24N2S. The van der Waals surface area contributed by atoms with Crippen LogP contribution in [0.3, 0.4) is 0 Å². The van der Waals surface area contributed by atoms with Gasteiger partial charge in [-0.1, -0.05) is 18.6 Å². The topological polar surface area (TPSA) is 24.9 Å². The van der Waals surface area contributed by atoms with Crippen LogP contribution in [0.4, 0.5) is 0 Å². The molecule has 2 rings (SSSR count). The van der Waals surface area contributed by atoms with Crippen LogP contribution in [0.25, 0.3) is 0 Å². The summed E-state index contributed by atoms with van der Waals surface area (Å²) in [7, 11) is 0. The van der Waals surface area contributed by atoms with Crippen LogP contribution < -0.4 is 5.32 Å². The van der Waals surface area contributed by atoms with Crippen molar-refractivity contribution in [3.8, 4) is 0 Å². The Hall–Kier alpha value is -0.670. The van der Waals surface area contributed by atoms with Gasteiger partial charge in [0.15, 0.2) is 0 Å². The van der Waals surface area contributed by atoms with Gasteiger partial charge in [0.05, 0.1) is 6.04 Å². The minimum absolute atomic E-state index is 0.380. The Balaban J connectivity index is 1.83. The van der Waals surface area contributed by atoms with E-state index in [4.69, 9.17) is 0 Å². The van der Waals surface area contributed by atoms with E-state index in [9.17, 15) is 0 Å². The molecule has 2 nitrogen and oxygen atoms in total. The van der Waals surface area contributed by atoms with E-state index in [1.54, 1.807) is 16.9 Å². The molecule has 3 heteroatoms. The van der Waals surface area contributed by atoms with Crippen molar-refractivity contribution in [1.29, 1.82) is 0 Å². The Morgan fingerprint density at radius 3 is 2.89 bits per heavy atom. The molecule has 1 N–H and O–H groups in total. The molecular weight excluding hydrogens is 240 g/mol. The smallest absolute Gasteiger partial charge is 0.109 e. The van der Waals surface area contributed by atoms with Crippen molar-refractivity contribution in [3.05, 3.63) is 27.7 Å². The number of nitrogens with one attached hydrogen (secondary N) is 1. The van der Waals surface area contributed by atoms with Gasteiger partial charge < -0.3 is 5.32 Å². The average Bonchev–Trinajstić information content (AvgIpc) is 2.71. The van der Waals surface area contributed by atoms with Crippen molar-refractivity contribution in [2.45, 2.75) is 46.6 Å². The van der Waals surface area contributed by atoms with E-state index in [0.717, 1.165) is 18.4 Å². The summed E-state index contributed by atoms with van der Waals surface area (Å²) in [4.78, 5) is 5.75. The molecule has 0 saturated heterocycles. The maximum absolute atomic E-state index is 4.45. The van der Waals surface area contributed by atoms with E-state index in [2.05, 4.69) is 44.1 Å². The second-order valence-corrected chi connectivity index (χ2v) is 7.00. The largest absolute Gasteiger partial charge is 0.308 e. The Morgan fingerprint density at radius 1 is 1.50 bits per heavy atom. The summed E-state index contributed by atoms with van der Waals surface area (Å²) < 4.78 is 0. The number of thiazole rings is 1. The van der Waals surface area contributed by atoms with Gasteiger partial charge in [0.1, 0.15) is 5.01 Å². The van der Waals surface area contributed by atoms with Crippen LogP contribution in [0.15, 0.2) is 17.8 Å². The van der Waals surface area contributed by atoms with Crippen molar-refractivity contribution in [2.24, 2.45) is 11.8 Å². The van der Waals surface area contributed by atoms with Gasteiger partial charge in [-0.15, -0.1) is 11.3 Å². The minimum atomic E-state index is 0.380. The first-order valence-electron chi connectivity index (χ1n) is 6.87. The van der Waals surface area contributed by atoms with Gasteiger partial charge in [-0.25, -0.2) is 4.98 Å². The van der Waals surface area contributed by atoms with Crippen molar-refractivity contribution in [3.63, 3.8) is 0 Å². The molecule has 100 valence electrons. The zero-order valence-corrected chi connectivity index (χ0v) is 12.7. The van der Waals surface area contributed by atoms with Crippen LogP contribution in [0.1, 0.15) is 49.5 Å². The quantitative estimate of drug-likeness (QED) is 0.828. The molecule has 0 aromatic carbocycles. The second kappa shape index (κ2) is 5.98. The number of nitrogens with zero attached hydrogens (tertiary/aromatic N) is 1. The van der Waals surface area contributed by atoms with Gasteiger partial charge in [-0.2, -0.15) is 0 Å². The monoisotopic (exact) mass is 264 g/mol. The fourth-order valence-electron chi connectivity index (χ4n) is 2.84. The van der Waals surface area contributed by atoms with Gasteiger partial charge >= 0.3 is 0 Å². The molecule has 1 aromatic heterocycles. The minimum Gasteiger partial charge on any atom is -0.308 e. The molecule has 0 radical (unpaired) electrons. The summed E-state index contributed by atoms with van der Waals surface area (Å²) in [6, 6.07) is 0.380. The first-order valence-corrected chi connectivity index (χ1v) is 7.69. The number of hydrogen-bond donors (Lipinski definition) is 1. The molecule has 1 aliphatic rings. The van der Waals surface area contributed by atoms with E-state index in [1.165, 1.54) is 22.7 Å². The normalized spacial score (nSPS) is 25.9. The van der Waals surface area contributed by atoms with Gasteiger partial charge in [-0.3, -0.25) is 0 Å². The molecule has 1 aliphatic carbocycles. The molecule has 0 saturated carbocycles. The summed E-state index contributed by atoms with van der Waals surface area (Å²) >= 11 is 1.80. The Kier molecular flexibility index (Phi) is 4.57. The van der Waals surface area contributed by atoms with Crippen LogP contribution in [-0.4, -0.2) is 11.5 Å². The zero-order valence-electron chi connectivity index (χ0n) is 11.9. The number of rotatable bonds is 4. The zero-order chi connectivity index (χ0) is 13.1. The van der Waals surface area contributed by atoms with E-state index >= 15 is 0 Å².